The van der Waals surface area contributed by atoms with Gasteiger partial charge in [0, 0.05) is 28.9 Å². The number of nitrogens with two attached hydrogens (primary N) is 1. The maximum atomic E-state index is 12.5. The lowest BCUT2D eigenvalue weighted by molar-refractivity contribution is 0.0978. The zero-order chi connectivity index (χ0) is 13.4. The summed E-state index contributed by atoms with van der Waals surface area (Å²) in [6, 6.07) is 8.89. The second-order valence-corrected chi connectivity index (χ2v) is 4.21. The van der Waals surface area contributed by atoms with Crippen LogP contribution in [0.4, 0.5) is 0 Å². The van der Waals surface area contributed by atoms with Crippen molar-refractivity contribution in [3.8, 4) is 0 Å². The van der Waals surface area contributed by atoms with E-state index in [0.717, 1.165) is 5.52 Å². The molecule has 0 saturated carbocycles. The van der Waals surface area contributed by atoms with Crippen LogP contribution in [0.5, 0.6) is 0 Å². The standard InChI is InChI=1S/C14H11N3O2/c15-14(19)12-11(13(18)8-5-6-16-7-8)9-3-1-2-4-10(9)17-12/h1-7,16-17H,(H2,15,19). The van der Waals surface area contributed by atoms with E-state index in [1.54, 1.807) is 30.6 Å². The smallest absolute Gasteiger partial charge is 0.265 e. The van der Waals surface area contributed by atoms with Crippen LogP contribution in [0.1, 0.15) is 26.4 Å². The zero-order valence-electron chi connectivity index (χ0n) is 9.94. The molecule has 0 bridgehead atoms. The van der Waals surface area contributed by atoms with Gasteiger partial charge in [0.1, 0.15) is 5.69 Å². The van der Waals surface area contributed by atoms with Crippen LogP contribution < -0.4 is 5.73 Å². The van der Waals surface area contributed by atoms with Gasteiger partial charge in [-0.15, -0.1) is 0 Å². The van der Waals surface area contributed by atoms with Crippen molar-refractivity contribution in [2.24, 2.45) is 5.73 Å². The van der Waals surface area contributed by atoms with Gasteiger partial charge >= 0.3 is 0 Å². The van der Waals surface area contributed by atoms with Crippen LogP contribution in [0.3, 0.4) is 0 Å². The number of amides is 1. The molecular formula is C14H11N3O2. The highest BCUT2D eigenvalue weighted by Crippen LogP contribution is 2.24. The van der Waals surface area contributed by atoms with Gasteiger partial charge in [0.05, 0.1) is 5.56 Å². The van der Waals surface area contributed by atoms with E-state index in [-0.39, 0.29) is 11.5 Å². The second-order valence-electron chi connectivity index (χ2n) is 4.21. The number of aromatic amines is 2. The second kappa shape index (κ2) is 4.13. The molecule has 1 amide bonds. The van der Waals surface area contributed by atoms with E-state index in [1.165, 1.54) is 0 Å². The SMILES string of the molecule is NC(=O)c1[nH]c2ccccc2c1C(=O)c1cc[nH]c1. The quantitative estimate of drug-likeness (QED) is 0.621. The number of hydrogen-bond acceptors (Lipinski definition) is 2. The van der Waals surface area contributed by atoms with Crippen LogP contribution in [-0.4, -0.2) is 21.7 Å². The maximum Gasteiger partial charge on any atom is 0.265 e. The van der Waals surface area contributed by atoms with Gasteiger partial charge < -0.3 is 15.7 Å². The lowest BCUT2D eigenvalue weighted by Gasteiger charge is -1.99. The van der Waals surface area contributed by atoms with E-state index in [9.17, 15) is 9.59 Å². The Kier molecular flexibility index (Phi) is 2.45. The molecular weight excluding hydrogens is 242 g/mol. The highest BCUT2D eigenvalue weighted by Gasteiger charge is 2.22. The number of aromatic nitrogens is 2. The minimum atomic E-state index is -0.643. The molecule has 3 rings (SSSR count). The Labute approximate surface area is 108 Å². The first-order chi connectivity index (χ1) is 9.18. The molecule has 4 N–H and O–H groups in total. The van der Waals surface area contributed by atoms with E-state index in [1.807, 2.05) is 12.1 Å². The van der Waals surface area contributed by atoms with Crippen molar-refractivity contribution >= 4 is 22.6 Å². The molecule has 94 valence electrons. The number of fused-ring (bicyclic) bond motifs is 1. The summed E-state index contributed by atoms with van der Waals surface area (Å²) in [6.45, 7) is 0. The average molecular weight is 253 g/mol. The number of benzene rings is 1. The Morgan fingerprint density at radius 2 is 1.89 bits per heavy atom. The summed E-state index contributed by atoms with van der Waals surface area (Å²) in [7, 11) is 0. The van der Waals surface area contributed by atoms with E-state index in [0.29, 0.717) is 16.5 Å². The maximum absolute atomic E-state index is 12.5. The van der Waals surface area contributed by atoms with E-state index in [2.05, 4.69) is 9.97 Å². The summed E-state index contributed by atoms with van der Waals surface area (Å²) < 4.78 is 0. The lowest BCUT2D eigenvalue weighted by Crippen LogP contribution is -2.16. The molecule has 0 radical (unpaired) electrons. The summed E-state index contributed by atoms with van der Waals surface area (Å²) in [4.78, 5) is 29.7. The minimum absolute atomic E-state index is 0.146. The summed E-state index contributed by atoms with van der Waals surface area (Å²) in [5.74, 6) is -0.873. The summed E-state index contributed by atoms with van der Waals surface area (Å²) >= 11 is 0. The van der Waals surface area contributed by atoms with Crippen LogP contribution in [-0.2, 0) is 0 Å². The van der Waals surface area contributed by atoms with E-state index >= 15 is 0 Å². The molecule has 0 atom stereocenters. The molecule has 3 aromatic rings. The Bertz CT molecular complexity index is 769. The molecule has 1 aromatic carbocycles. The number of para-hydroxylation sites is 1. The molecule has 0 spiro atoms. The normalized spacial score (nSPS) is 10.7. The van der Waals surface area contributed by atoms with Crippen LogP contribution >= 0.6 is 0 Å². The first-order valence-electron chi connectivity index (χ1n) is 5.76. The zero-order valence-corrected chi connectivity index (χ0v) is 9.94. The Morgan fingerprint density at radius 1 is 1.11 bits per heavy atom. The third-order valence-electron chi connectivity index (χ3n) is 3.04. The predicted octanol–water partition coefficient (Wildman–Crippen LogP) is 1.83. The lowest BCUT2D eigenvalue weighted by atomic mass is 10.0. The van der Waals surface area contributed by atoms with Crippen molar-refractivity contribution in [1.29, 1.82) is 0 Å². The van der Waals surface area contributed by atoms with Gasteiger partial charge in [0.25, 0.3) is 5.91 Å². The van der Waals surface area contributed by atoms with E-state index in [4.69, 9.17) is 5.73 Å². The van der Waals surface area contributed by atoms with Crippen LogP contribution in [0, 0.1) is 0 Å². The molecule has 5 heteroatoms. The molecule has 5 nitrogen and oxygen atoms in total. The number of hydrogen-bond donors (Lipinski definition) is 3. The third-order valence-corrected chi connectivity index (χ3v) is 3.04. The molecule has 0 saturated heterocycles. The van der Waals surface area contributed by atoms with Crippen molar-refractivity contribution in [3.63, 3.8) is 0 Å². The third kappa shape index (κ3) is 1.72. The van der Waals surface area contributed by atoms with Gasteiger partial charge in [0.15, 0.2) is 5.78 Å². The van der Waals surface area contributed by atoms with Crippen LogP contribution in [0.2, 0.25) is 0 Å². The molecule has 2 aromatic heterocycles. The highest BCUT2D eigenvalue weighted by atomic mass is 16.1. The first-order valence-corrected chi connectivity index (χ1v) is 5.76. The topological polar surface area (TPSA) is 91.7 Å². The van der Waals surface area contributed by atoms with Crippen molar-refractivity contribution in [1.82, 2.24) is 9.97 Å². The number of rotatable bonds is 3. The molecule has 19 heavy (non-hydrogen) atoms. The van der Waals surface area contributed by atoms with Crippen LogP contribution in [0.25, 0.3) is 10.9 Å². The number of ketones is 1. The van der Waals surface area contributed by atoms with Crippen molar-refractivity contribution in [3.05, 3.63) is 59.5 Å². The predicted molar refractivity (Wildman–Crippen MR) is 71.0 cm³/mol. The summed E-state index contributed by atoms with van der Waals surface area (Å²) in [6.07, 6.45) is 3.25. The fourth-order valence-corrected chi connectivity index (χ4v) is 2.17. The van der Waals surface area contributed by atoms with Gasteiger partial charge in [0.2, 0.25) is 0 Å². The van der Waals surface area contributed by atoms with Gasteiger partial charge in [-0.1, -0.05) is 18.2 Å². The highest BCUT2D eigenvalue weighted by molar-refractivity contribution is 6.21. The molecule has 0 aliphatic rings. The molecule has 0 unspecified atom stereocenters. The number of primary amides is 1. The van der Waals surface area contributed by atoms with Crippen molar-refractivity contribution < 1.29 is 9.59 Å². The fraction of sp³-hybridized carbons (Fsp3) is 0. The van der Waals surface area contributed by atoms with Crippen molar-refractivity contribution in [2.45, 2.75) is 0 Å². The first kappa shape index (κ1) is 11.3. The number of carbonyl (C=O) groups is 2. The fourth-order valence-electron chi connectivity index (χ4n) is 2.17. The minimum Gasteiger partial charge on any atom is -0.367 e. The van der Waals surface area contributed by atoms with Crippen molar-refractivity contribution in [2.75, 3.05) is 0 Å². The van der Waals surface area contributed by atoms with Gasteiger partial charge in [-0.3, -0.25) is 9.59 Å². The number of carbonyl (C=O) groups excluding carboxylic acids is 2. The number of H-pyrrole nitrogens is 2. The summed E-state index contributed by atoms with van der Waals surface area (Å²) in [5, 5.41) is 0.697. The van der Waals surface area contributed by atoms with Gasteiger partial charge in [-0.05, 0) is 12.1 Å². The van der Waals surface area contributed by atoms with Crippen LogP contribution in [0.15, 0.2) is 42.7 Å². The Balaban J connectivity index is 2.29. The monoisotopic (exact) mass is 253 g/mol. The van der Waals surface area contributed by atoms with Gasteiger partial charge in [-0.25, -0.2) is 0 Å². The molecule has 2 heterocycles. The summed E-state index contributed by atoms with van der Waals surface area (Å²) in [5.41, 5.74) is 7.02. The van der Waals surface area contributed by atoms with Gasteiger partial charge in [-0.2, -0.15) is 0 Å². The molecule has 0 fully saturated rings. The molecule has 0 aliphatic heterocycles. The van der Waals surface area contributed by atoms with E-state index < -0.39 is 5.91 Å². The largest absolute Gasteiger partial charge is 0.367 e. The molecule has 0 aliphatic carbocycles. The average Bonchev–Trinajstić information content (AvgIpc) is 3.05. The Morgan fingerprint density at radius 3 is 2.58 bits per heavy atom. The Hall–Kier alpha value is -2.82. The number of nitrogens with one attached hydrogen (secondary N) is 2.